The van der Waals surface area contributed by atoms with E-state index in [1.807, 2.05) is 17.5 Å². The number of aromatic nitrogens is 3. The van der Waals surface area contributed by atoms with Gasteiger partial charge in [0.25, 0.3) is 0 Å². The van der Waals surface area contributed by atoms with Gasteiger partial charge < -0.3 is 5.73 Å². The lowest BCUT2D eigenvalue weighted by molar-refractivity contribution is 0.542. The number of hydrogen-bond donors (Lipinski definition) is 1. The molecule has 4 heteroatoms. The zero-order chi connectivity index (χ0) is 12.8. The largest absolute Gasteiger partial charge is 0.382 e. The SMILES string of the molecule is C=C(C)c1nc(C(C)(C)C)n2ccnc(N)c12. The summed E-state index contributed by atoms with van der Waals surface area (Å²) < 4.78 is 2.01. The molecule has 0 radical (unpaired) electrons. The maximum absolute atomic E-state index is 5.94. The highest BCUT2D eigenvalue weighted by Crippen LogP contribution is 2.29. The summed E-state index contributed by atoms with van der Waals surface area (Å²) >= 11 is 0. The van der Waals surface area contributed by atoms with E-state index in [9.17, 15) is 0 Å². The van der Waals surface area contributed by atoms with Gasteiger partial charge in [-0.1, -0.05) is 27.4 Å². The molecule has 17 heavy (non-hydrogen) atoms. The molecule has 2 rings (SSSR count). The number of nitrogens with two attached hydrogens (primary N) is 1. The van der Waals surface area contributed by atoms with E-state index in [1.54, 1.807) is 6.20 Å². The minimum Gasteiger partial charge on any atom is -0.382 e. The van der Waals surface area contributed by atoms with E-state index in [2.05, 4.69) is 37.3 Å². The van der Waals surface area contributed by atoms with Crippen molar-refractivity contribution in [3.63, 3.8) is 0 Å². The molecule has 0 aliphatic heterocycles. The van der Waals surface area contributed by atoms with Crippen molar-refractivity contribution < 1.29 is 0 Å². The van der Waals surface area contributed by atoms with Gasteiger partial charge in [0.1, 0.15) is 17.2 Å². The fraction of sp³-hybridized carbons (Fsp3) is 0.385. The van der Waals surface area contributed by atoms with E-state index >= 15 is 0 Å². The third kappa shape index (κ3) is 1.79. The molecular weight excluding hydrogens is 212 g/mol. The van der Waals surface area contributed by atoms with E-state index in [4.69, 9.17) is 5.73 Å². The standard InChI is InChI=1S/C13H18N4/c1-8(2)9-10-11(14)15-6-7-17(10)12(16-9)13(3,4)5/h6-7H,1H2,2-5H3,(H2,14,15). The summed E-state index contributed by atoms with van der Waals surface area (Å²) in [6.07, 6.45) is 3.59. The Morgan fingerprint density at radius 1 is 1.41 bits per heavy atom. The molecule has 90 valence electrons. The molecule has 0 aliphatic carbocycles. The molecule has 0 aromatic carbocycles. The topological polar surface area (TPSA) is 56.2 Å². The predicted octanol–water partition coefficient (Wildman–Crippen LogP) is 2.64. The molecular formula is C13H18N4. The number of nitrogen functional groups attached to an aromatic ring is 1. The van der Waals surface area contributed by atoms with Crippen molar-refractivity contribution in [1.82, 2.24) is 14.4 Å². The first-order valence-electron chi connectivity index (χ1n) is 5.61. The average molecular weight is 230 g/mol. The maximum Gasteiger partial charge on any atom is 0.150 e. The molecule has 0 saturated heterocycles. The number of imidazole rings is 1. The van der Waals surface area contributed by atoms with Crippen LogP contribution in [0.5, 0.6) is 0 Å². The van der Waals surface area contributed by atoms with Crippen LogP contribution in [0.3, 0.4) is 0 Å². The molecule has 0 unspecified atom stereocenters. The first-order chi connectivity index (χ1) is 7.82. The Labute approximate surface area is 101 Å². The van der Waals surface area contributed by atoms with Gasteiger partial charge in [0, 0.05) is 17.8 Å². The summed E-state index contributed by atoms with van der Waals surface area (Å²) in [5.41, 5.74) is 8.47. The monoisotopic (exact) mass is 230 g/mol. The molecule has 0 atom stereocenters. The summed E-state index contributed by atoms with van der Waals surface area (Å²) in [6, 6.07) is 0. The molecule has 2 aromatic heterocycles. The Kier molecular flexibility index (Phi) is 2.45. The highest BCUT2D eigenvalue weighted by molar-refractivity contribution is 5.81. The van der Waals surface area contributed by atoms with E-state index in [0.717, 1.165) is 22.6 Å². The molecule has 4 nitrogen and oxygen atoms in total. The molecule has 0 spiro atoms. The van der Waals surface area contributed by atoms with Crippen molar-refractivity contribution in [1.29, 1.82) is 0 Å². The quantitative estimate of drug-likeness (QED) is 0.819. The number of nitrogens with zero attached hydrogens (tertiary/aromatic N) is 3. The summed E-state index contributed by atoms with van der Waals surface area (Å²) in [7, 11) is 0. The van der Waals surface area contributed by atoms with Crippen molar-refractivity contribution >= 4 is 16.9 Å². The van der Waals surface area contributed by atoms with Gasteiger partial charge in [-0.2, -0.15) is 0 Å². The molecule has 0 amide bonds. The van der Waals surface area contributed by atoms with Crippen LogP contribution in [0, 0.1) is 0 Å². The van der Waals surface area contributed by atoms with Crippen LogP contribution in [0.15, 0.2) is 19.0 Å². The Balaban J connectivity index is 2.90. The van der Waals surface area contributed by atoms with Crippen LogP contribution >= 0.6 is 0 Å². The molecule has 2 heterocycles. The van der Waals surface area contributed by atoms with Crippen molar-refractivity contribution in [2.45, 2.75) is 33.1 Å². The fourth-order valence-electron chi connectivity index (χ4n) is 1.89. The second kappa shape index (κ2) is 3.58. The molecule has 0 fully saturated rings. The number of hydrogen-bond acceptors (Lipinski definition) is 3. The van der Waals surface area contributed by atoms with Crippen LogP contribution in [-0.4, -0.2) is 14.4 Å². The molecule has 0 bridgehead atoms. The zero-order valence-electron chi connectivity index (χ0n) is 10.8. The van der Waals surface area contributed by atoms with Gasteiger partial charge in [0.15, 0.2) is 0 Å². The number of rotatable bonds is 1. The normalized spacial score (nSPS) is 12.0. The number of allylic oxidation sites excluding steroid dienone is 1. The van der Waals surface area contributed by atoms with Crippen molar-refractivity contribution in [2.24, 2.45) is 0 Å². The molecule has 0 aliphatic rings. The van der Waals surface area contributed by atoms with Gasteiger partial charge >= 0.3 is 0 Å². The minimum absolute atomic E-state index is 0.0512. The van der Waals surface area contributed by atoms with Gasteiger partial charge in [-0.25, -0.2) is 9.97 Å². The zero-order valence-corrected chi connectivity index (χ0v) is 10.8. The Morgan fingerprint density at radius 3 is 2.59 bits per heavy atom. The van der Waals surface area contributed by atoms with Crippen LogP contribution < -0.4 is 5.73 Å². The smallest absolute Gasteiger partial charge is 0.150 e. The van der Waals surface area contributed by atoms with E-state index in [1.165, 1.54) is 0 Å². The van der Waals surface area contributed by atoms with Crippen LogP contribution in [0.2, 0.25) is 0 Å². The van der Waals surface area contributed by atoms with Gasteiger partial charge in [0.2, 0.25) is 0 Å². The average Bonchev–Trinajstić information content (AvgIpc) is 2.57. The first-order valence-corrected chi connectivity index (χ1v) is 5.61. The van der Waals surface area contributed by atoms with Gasteiger partial charge in [0.05, 0.1) is 5.69 Å². The predicted molar refractivity (Wildman–Crippen MR) is 70.8 cm³/mol. The number of fused-ring (bicyclic) bond motifs is 1. The van der Waals surface area contributed by atoms with E-state index < -0.39 is 0 Å². The first kappa shape index (κ1) is 11.6. The lowest BCUT2D eigenvalue weighted by Gasteiger charge is -2.16. The molecule has 2 N–H and O–H groups in total. The van der Waals surface area contributed by atoms with Crippen LogP contribution in [0.4, 0.5) is 5.82 Å². The van der Waals surface area contributed by atoms with Crippen LogP contribution in [0.25, 0.3) is 11.1 Å². The molecule has 2 aromatic rings. The van der Waals surface area contributed by atoms with Crippen LogP contribution in [-0.2, 0) is 5.41 Å². The Bertz CT molecular complexity index is 587. The second-order valence-corrected chi connectivity index (χ2v) is 5.35. The molecule has 0 saturated carbocycles. The summed E-state index contributed by atoms with van der Waals surface area (Å²) in [6.45, 7) is 12.3. The summed E-state index contributed by atoms with van der Waals surface area (Å²) in [4.78, 5) is 8.79. The Hall–Kier alpha value is -1.84. The highest BCUT2D eigenvalue weighted by Gasteiger charge is 2.23. The summed E-state index contributed by atoms with van der Waals surface area (Å²) in [5.74, 6) is 1.47. The van der Waals surface area contributed by atoms with E-state index in [-0.39, 0.29) is 5.41 Å². The minimum atomic E-state index is -0.0512. The van der Waals surface area contributed by atoms with Gasteiger partial charge in [-0.15, -0.1) is 0 Å². The number of anilines is 1. The van der Waals surface area contributed by atoms with Gasteiger partial charge in [-0.05, 0) is 12.5 Å². The third-order valence-corrected chi connectivity index (χ3v) is 2.66. The second-order valence-electron chi connectivity index (χ2n) is 5.35. The van der Waals surface area contributed by atoms with Crippen molar-refractivity contribution in [2.75, 3.05) is 5.73 Å². The van der Waals surface area contributed by atoms with Crippen LogP contribution in [0.1, 0.15) is 39.2 Å². The summed E-state index contributed by atoms with van der Waals surface area (Å²) in [5, 5.41) is 0. The fourth-order valence-corrected chi connectivity index (χ4v) is 1.89. The Morgan fingerprint density at radius 2 is 2.06 bits per heavy atom. The van der Waals surface area contributed by atoms with Crippen molar-refractivity contribution in [3.05, 3.63) is 30.5 Å². The van der Waals surface area contributed by atoms with E-state index in [0.29, 0.717) is 5.82 Å². The maximum atomic E-state index is 5.94. The lowest BCUT2D eigenvalue weighted by atomic mass is 9.96. The lowest BCUT2D eigenvalue weighted by Crippen LogP contribution is -2.16. The van der Waals surface area contributed by atoms with Crippen molar-refractivity contribution in [3.8, 4) is 0 Å². The van der Waals surface area contributed by atoms with Gasteiger partial charge in [-0.3, -0.25) is 4.40 Å². The highest BCUT2D eigenvalue weighted by atomic mass is 15.1. The third-order valence-electron chi connectivity index (χ3n) is 2.66.